The van der Waals surface area contributed by atoms with Gasteiger partial charge in [-0.2, -0.15) is 5.10 Å². The lowest BCUT2D eigenvalue weighted by molar-refractivity contribution is -0.122. The first-order valence-electron chi connectivity index (χ1n) is 6.67. The fourth-order valence-corrected chi connectivity index (χ4v) is 3.75. The lowest BCUT2D eigenvalue weighted by Crippen LogP contribution is -2.30. The number of amides is 1. The van der Waals surface area contributed by atoms with E-state index in [0.29, 0.717) is 10.6 Å². The molecule has 22 heavy (non-hydrogen) atoms. The number of aromatic amines is 1. The first-order valence-corrected chi connectivity index (χ1v) is 8.84. The molecule has 3 heterocycles. The molecule has 2 N–H and O–H groups in total. The van der Waals surface area contributed by atoms with Crippen LogP contribution in [-0.4, -0.2) is 20.7 Å². The summed E-state index contributed by atoms with van der Waals surface area (Å²) in [6, 6.07) is 7.87. The molecule has 1 atom stereocenters. The van der Waals surface area contributed by atoms with Gasteiger partial charge in [0, 0.05) is 4.88 Å². The molecule has 0 aliphatic carbocycles. The molecular formula is C14H14N4OS3. The molecule has 0 spiro atoms. The molecule has 0 aromatic carbocycles. The Balaban J connectivity index is 1.75. The molecule has 8 heteroatoms. The normalized spacial score (nSPS) is 12.2. The maximum Gasteiger partial charge on any atom is 0.240 e. The summed E-state index contributed by atoms with van der Waals surface area (Å²) < 4.78 is 2.17. The highest BCUT2D eigenvalue weighted by Crippen LogP contribution is 2.23. The van der Waals surface area contributed by atoms with Crippen LogP contribution in [0.4, 0.5) is 0 Å². The van der Waals surface area contributed by atoms with E-state index < -0.39 is 0 Å². The fourth-order valence-electron chi connectivity index (χ4n) is 2.10. The van der Waals surface area contributed by atoms with Gasteiger partial charge in [-0.25, -0.2) is 0 Å². The molecule has 5 nitrogen and oxygen atoms in total. The van der Waals surface area contributed by atoms with Crippen molar-refractivity contribution in [2.75, 3.05) is 0 Å². The van der Waals surface area contributed by atoms with Crippen LogP contribution in [0.1, 0.15) is 17.8 Å². The molecular weight excluding hydrogens is 336 g/mol. The topological polar surface area (TPSA) is 62.7 Å². The lowest BCUT2D eigenvalue weighted by atomic mass is 10.3. The molecule has 3 aromatic heterocycles. The summed E-state index contributed by atoms with van der Waals surface area (Å²) in [6.45, 7) is 2.12. The second-order valence-corrected chi connectivity index (χ2v) is 7.03. The van der Waals surface area contributed by atoms with Crippen LogP contribution in [0, 0.1) is 4.77 Å². The van der Waals surface area contributed by atoms with Crippen molar-refractivity contribution in [3.63, 3.8) is 0 Å². The van der Waals surface area contributed by atoms with Gasteiger partial charge in [0.1, 0.15) is 6.54 Å². The van der Waals surface area contributed by atoms with E-state index in [1.807, 2.05) is 41.9 Å². The van der Waals surface area contributed by atoms with Gasteiger partial charge in [-0.05, 0) is 42.0 Å². The van der Waals surface area contributed by atoms with Gasteiger partial charge in [0.25, 0.3) is 0 Å². The van der Waals surface area contributed by atoms with Gasteiger partial charge < -0.3 is 5.32 Å². The third kappa shape index (κ3) is 3.18. The van der Waals surface area contributed by atoms with E-state index in [1.165, 1.54) is 0 Å². The van der Waals surface area contributed by atoms with Crippen LogP contribution < -0.4 is 5.32 Å². The van der Waals surface area contributed by atoms with E-state index in [-0.39, 0.29) is 18.5 Å². The maximum atomic E-state index is 12.3. The van der Waals surface area contributed by atoms with Crippen LogP contribution in [0.2, 0.25) is 0 Å². The van der Waals surface area contributed by atoms with Crippen LogP contribution in [0.3, 0.4) is 0 Å². The molecule has 0 radical (unpaired) electrons. The van der Waals surface area contributed by atoms with Crippen molar-refractivity contribution in [2.24, 2.45) is 0 Å². The molecule has 3 rings (SSSR count). The van der Waals surface area contributed by atoms with Gasteiger partial charge in [0.15, 0.2) is 10.6 Å². The smallest absolute Gasteiger partial charge is 0.240 e. The molecule has 114 valence electrons. The number of thiophene rings is 2. The summed E-state index contributed by atoms with van der Waals surface area (Å²) in [5, 5.41) is 13.9. The molecule has 1 amide bonds. The third-order valence-electron chi connectivity index (χ3n) is 3.15. The summed E-state index contributed by atoms with van der Waals surface area (Å²) >= 11 is 8.42. The van der Waals surface area contributed by atoms with Crippen molar-refractivity contribution in [2.45, 2.75) is 19.5 Å². The van der Waals surface area contributed by atoms with E-state index in [1.54, 1.807) is 27.2 Å². The highest BCUT2D eigenvalue weighted by atomic mass is 32.1. The molecule has 0 saturated heterocycles. The minimum absolute atomic E-state index is 0.0150. The van der Waals surface area contributed by atoms with Crippen LogP contribution in [0.25, 0.3) is 10.7 Å². The maximum absolute atomic E-state index is 12.3. The van der Waals surface area contributed by atoms with Crippen LogP contribution in [-0.2, 0) is 11.3 Å². The Hall–Kier alpha value is -1.77. The number of H-pyrrole nitrogens is 1. The summed E-state index contributed by atoms with van der Waals surface area (Å²) in [5.41, 5.74) is 0. The number of nitrogens with one attached hydrogen (secondary N) is 2. The summed E-state index contributed by atoms with van der Waals surface area (Å²) in [7, 11) is 0. The van der Waals surface area contributed by atoms with Crippen molar-refractivity contribution in [3.8, 4) is 10.7 Å². The summed E-state index contributed by atoms with van der Waals surface area (Å²) in [5.74, 6) is 0.607. The van der Waals surface area contributed by atoms with Crippen LogP contribution in [0.15, 0.2) is 35.0 Å². The zero-order chi connectivity index (χ0) is 15.5. The second kappa shape index (κ2) is 6.55. The molecule has 0 aliphatic rings. The molecule has 0 fully saturated rings. The van der Waals surface area contributed by atoms with Gasteiger partial charge in [-0.3, -0.25) is 14.5 Å². The summed E-state index contributed by atoms with van der Waals surface area (Å²) in [4.78, 5) is 14.4. The molecule has 0 bridgehead atoms. The Morgan fingerprint density at radius 2 is 2.18 bits per heavy atom. The molecule has 3 aromatic rings. The van der Waals surface area contributed by atoms with E-state index in [4.69, 9.17) is 12.2 Å². The highest BCUT2D eigenvalue weighted by Gasteiger charge is 2.15. The number of hydrogen-bond acceptors (Lipinski definition) is 5. The number of hydrogen-bond donors (Lipinski definition) is 2. The van der Waals surface area contributed by atoms with Crippen LogP contribution in [0.5, 0.6) is 0 Å². The predicted molar refractivity (Wildman–Crippen MR) is 91.6 cm³/mol. The number of carbonyl (C=O) groups excluding carboxylic acids is 1. The fraction of sp³-hybridized carbons (Fsp3) is 0.214. The summed E-state index contributed by atoms with van der Waals surface area (Å²) in [6.07, 6.45) is 0. The molecule has 0 aliphatic heterocycles. The first-order chi connectivity index (χ1) is 10.6. The van der Waals surface area contributed by atoms with Gasteiger partial charge in [0.2, 0.25) is 5.91 Å². The Kier molecular flexibility index (Phi) is 4.51. The van der Waals surface area contributed by atoms with Crippen molar-refractivity contribution < 1.29 is 4.79 Å². The Labute approximate surface area is 140 Å². The number of nitrogens with zero attached hydrogens (tertiary/aromatic N) is 2. The number of carbonyl (C=O) groups is 1. The Morgan fingerprint density at radius 3 is 2.86 bits per heavy atom. The number of aromatic nitrogens is 3. The third-order valence-corrected chi connectivity index (χ3v) is 5.38. The van der Waals surface area contributed by atoms with E-state index in [2.05, 4.69) is 15.5 Å². The van der Waals surface area contributed by atoms with Crippen LogP contribution >= 0.6 is 34.9 Å². The minimum Gasteiger partial charge on any atom is -0.347 e. The van der Waals surface area contributed by atoms with Gasteiger partial charge in [-0.1, -0.05) is 12.1 Å². The van der Waals surface area contributed by atoms with Crippen molar-refractivity contribution in [1.29, 1.82) is 0 Å². The van der Waals surface area contributed by atoms with Crippen molar-refractivity contribution in [3.05, 3.63) is 44.7 Å². The molecule has 1 unspecified atom stereocenters. The van der Waals surface area contributed by atoms with Gasteiger partial charge in [0.05, 0.1) is 10.9 Å². The van der Waals surface area contributed by atoms with E-state index >= 15 is 0 Å². The second-order valence-electron chi connectivity index (χ2n) is 4.72. The lowest BCUT2D eigenvalue weighted by Gasteiger charge is -2.13. The zero-order valence-corrected chi connectivity index (χ0v) is 14.2. The van der Waals surface area contributed by atoms with Crippen molar-refractivity contribution in [1.82, 2.24) is 20.1 Å². The average molecular weight is 350 g/mol. The van der Waals surface area contributed by atoms with E-state index in [0.717, 1.165) is 9.75 Å². The number of rotatable bonds is 5. The standard InChI is InChI=1S/C14H14N4OS3/c1-9(10-4-2-6-21-10)15-12(19)8-18-13(16-17-14(18)20)11-5-3-7-22-11/h2-7,9H,8H2,1H3,(H,15,19)(H,17,20). The zero-order valence-electron chi connectivity index (χ0n) is 11.8. The predicted octanol–water partition coefficient (Wildman–Crippen LogP) is 3.61. The highest BCUT2D eigenvalue weighted by molar-refractivity contribution is 7.71. The monoisotopic (exact) mass is 350 g/mol. The van der Waals surface area contributed by atoms with E-state index in [9.17, 15) is 4.79 Å². The largest absolute Gasteiger partial charge is 0.347 e. The van der Waals surface area contributed by atoms with Gasteiger partial charge >= 0.3 is 0 Å². The Bertz CT molecular complexity index is 802. The minimum atomic E-state index is -0.0868. The Morgan fingerprint density at radius 1 is 1.41 bits per heavy atom. The van der Waals surface area contributed by atoms with Crippen molar-refractivity contribution >= 4 is 40.8 Å². The quantitative estimate of drug-likeness (QED) is 0.691. The molecule has 0 saturated carbocycles. The average Bonchev–Trinajstić information content (AvgIpc) is 3.21. The first kappa shape index (κ1) is 15.1. The van der Waals surface area contributed by atoms with Gasteiger partial charge in [-0.15, -0.1) is 22.7 Å². The SMILES string of the molecule is CC(NC(=O)Cn1c(-c2cccs2)n[nH]c1=S)c1cccs1.